The van der Waals surface area contributed by atoms with Crippen LogP contribution in [0.2, 0.25) is 5.02 Å². The summed E-state index contributed by atoms with van der Waals surface area (Å²) in [5.74, 6) is 0.612. The van der Waals surface area contributed by atoms with Gasteiger partial charge in [0, 0.05) is 43.3 Å². The van der Waals surface area contributed by atoms with Crippen LogP contribution in [-0.4, -0.2) is 59.6 Å². The van der Waals surface area contributed by atoms with E-state index in [9.17, 15) is 9.90 Å². The number of aliphatic hydroxyl groups is 1. The highest BCUT2D eigenvalue weighted by atomic mass is 35.5. The zero-order valence-electron chi connectivity index (χ0n) is 14.3. The molecule has 1 amide bonds. The Morgan fingerprint density at radius 3 is 2.46 bits per heavy atom. The number of carbonyl (C=O) groups excluding carboxylic acids is 1. The zero-order chi connectivity index (χ0) is 17.1. The maximum Gasteiger partial charge on any atom is 0.253 e. The topological polar surface area (TPSA) is 43.8 Å². The van der Waals surface area contributed by atoms with E-state index in [0.29, 0.717) is 16.5 Å². The van der Waals surface area contributed by atoms with E-state index >= 15 is 0 Å². The summed E-state index contributed by atoms with van der Waals surface area (Å²) in [5.41, 5.74) is 0.686. The second-order valence-corrected chi connectivity index (χ2v) is 7.70. The molecule has 1 saturated carbocycles. The Balaban J connectivity index is 1.72. The minimum Gasteiger partial charge on any atom is -0.390 e. The van der Waals surface area contributed by atoms with E-state index in [4.69, 9.17) is 11.6 Å². The summed E-state index contributed by atoms with van der Waals surface area (Å²) < 4.78 is 0. The third-order valence-corrected chi connectivity index (χ3v) is 5.74. The summed E-state index contributed by atoms with van der Waals surface area (Å²) in [5, 5.41) is 10.2. The highest BCUT2D eigenvalue weighted by Gasteiger charge is 2.34. The predicted molar refractivity (Wildman–Crippen MR) is 96.4 cm³/mol. The number of aliphatic hydroxyl groups excluding tert-OH is 1. The molecule has 2 fully saturated rings. The van der Waals surface area contributed by atoms with Gasteiger partial charge in [0.2, 0.25) is 0 Å². The second kappa shape index (κ2) is 7.85. The van der Waals surface area contributed by atoms with Gasteiger partial charge in [-0.1, -0.05) is 30.9 Å². The van der Waals surface area contributed by atoms with Crippen molar-refractivity contribution in [3.63, 3.8) is 0 Å². The number of likely N-dealkylation sites (tertiary alicyclic amines) is 1. The average molecular weight is 351 g/mol. The predicted octanol–water partition coefficient (Wildman–Crippen LogP) is 3.04. The lowest BCUT2D eigenvalue weighted by Gasteiger charge is -2.44. The van der Waals surface area contributed by atoms with Crippen molar-refractivity contribution in [1.82, 2.24) is 9.80 Å². The van der Waals surface area contributed by atoms with E-state index in [0.717, 1.165) is 19.6 Å². The molecule has 0 unspecified atom stereocenters. The maximum atomic E-state index is 12.9. The van der Waals surface area contributed by atoms with Crippen molar-refractivity contribution in [2.45, 2.75) is 44.2 Å². The summed E-state index contributed by atoms with van der Waals surface area (Å²) in [6.45, 7) is 2.32. The zero-order valence-corrected chi connectivity index (χ0v) is 15.1. The first-order valence-corrected chi connectivity index (χ1v) is 9.35. The van der Waals surface area contributed by atoms with Gasteiger partial charge in [-0.3, -0.25) is 9.69 Å². The molecule has 24 heavy (non-hydrogen) atoms. The lowest BCUT2D eigenvalue weighted by atomic mass is 9.82. The quantitative estimate of drug-likeness (QED) is 0.887. The molecular weight excluding hydrogens is 324 g/mol. The van der Waals surface area contributed by atoms with Crippen molar-refractivity contribution in [2.75, 3.05) is 26.7 Å². The molecule has 5 heteroatoms. The van der Waals surface area contributed by atoms with Crippen molar-refractivity contribution >= 4 is 17.5 Å². The van der Waals surface area contributed by atoms with Crippen molar-refractivity contribution in [3.8, 4) is 0 Å². The highest BCUT2D eigenvalue weighted by molar-refractivity contribution is 6.30. The van der Waals surface area contributed by atoms with Gasteiger partial charge in [0.15, 0.2) is 0 Å². The number of likely N-dealkylation sites (N-methyl/N-ethyl adjacent to an activating group) is 1. The second-order valence-electron chi connectivity index (χ2n) is 7.26. The SMILES string of the molecule is CN(C(=O)c1ccc(Cl)cc1)[C@H](CN1CC(O)C1)C1CCCCC1. The molecule has 0 bridgehead atoms. The van der Waals surface area contributed by atoms with E-state index < -0.39 is 0 Å². The number of hydrogen-bond donors (Lipinski definition) is 1. The van der Waals surface area contributed by atoms with Gasteiger partial charge in [-0.15, -0.1) is 0 Å². The molecule has 4 nitrogen and oxygen atoms in total. The van der Waals surface area contributed by atoms with Gasteiger partial charge in [0.05, 0.1) is 6.10 Å². The summed E-state index contributed by atoms with van der Waals surface area (Å²) >= 11 is 5.93. The van der Waals surface area contributed by atoms with Gasteiger partial charge in [-0.05, 0) is 43.0 Å². The van der Waals surface area contributed by atoms with Gasteiger partial charge in [0.1, 0.15) is 0 Å². The molecule has 3 rings (SSSR count). The van der Waals surface area contributed by atoms with E-state index in [1.807, 2.05) is 11.9 Å². The Labute approximate surface area is 149 Å². The summed E-state index contributed by atoms with van der Waals surface area (Å²) in [4.78, 5) is 17.1. The van der Waals surface area contributed by atoms with Crippen LogP contribution in [0, 0.1) is 5.92 Å². The number of rotatable bonds is 5. The van der Waals surface area contributed by atoms with Gasteiger partial charge in [-0.25, -0.2) is 0 Å². The van der Waals surface area contributed by atoms with Crippen molar-refractivity contribution in [3.05, 3.63) is 34.9 Å². The molecule has 1 atom stereocenters. The summed E-state index contributed by atoms with van der Waals surface area (Å²) in [6.07, 6.45) is 6.01. The van der Waals surface area contributed by atoms with Crippen LogP contribution in [0.1, 0.15) is 42.5 Å². The molecule has 1 aliphatic carbocycles. The van der Waals surface area contributed by atoms with Crippen LogP contribution in [0.15, 0.2) is 24.3 Å². The fourth-order valence-electron chi connectivity index (χ4n) is 4.01. The molecule has 0 spiro atoms. The number of halogens is 1. The largest absolute Gasteiger partial charge is 0.390 e. The number of amides is 1. The first kappa shape index (κ1) is 17.7. The minimum atomic E-state index is -0.200. The maximum absolute atomic E-state index is 12.9. The first-order chi connectivity index (χ1) is 11.5. The molecule has 2 aliphatic rings. The molecule has 0 aromatic heterocycles. The van der Waals surface area contributed by atoms with Crippen molar-refractivity contribution < 1.29 is 9.90 Å². The summed E-state index contributed by atoms with van der Waals surface area (Å²) in [7, 11) is 1.92. The standard InChI is InChI=1S/C19H27ClN2O2/c1-21(19(24)15-7-9-16(20)10-8-15)18(13-22-11-17(23)12-22)14-5-3-2-4-6-14/h7-10,14,17-18,23H,2-6,11-13H2,1H3/t18-/m1/s1. The van der Waals surface area contributed by atoms with Crippen molar-refractivity contribution in [2.24, 2.45) is 5.92 Å². The monoisotopic (exact) mass is 350 g/mol. The Morgan fingerprint density at radius 2 is 1.88 bits per heavy atom. The lowest BCUT2D eigenvalue weighted by Crippen LogP contribution is -2.57. The van der Waals surface area contributed by atoms with Gasteiger partial charge < -0.3 is 10.0 Å². The molecule has 1 aliphatic heterocycles. The van der Waals surface area contributed by atoms with Gasteiger partial charge in [0.25, 0.3) is 5.91 Å². The smallest absolute Gasteiger partial charge is 0.253 e. The molecular formula is C19H27ClN2O2. The van der Waals surface area contributed by atoms with E-state index in [-0.39, 0.29) is 18.1 Å². The Morgan fingerprint density at radius 1 is 1.25 bits per heavy atom. The molecule has 1 N–H and O–H groups in total. The minimum absolute atomic E-state index is 0.0586. The number of carbonyl (C=O) groups is 1. The number of hydrogen-bond acceptors (Lipinski definition) is 3. The normalized spacial score (nSPS) is 21.3. The Kier molecular flexibility index (Phi) is 5.80. The van der Waals surface area contributed by atoms with E-state index in [1.165, 1.54) is 32.1 Å². The Hall–Kier alpha value is -1.10. The van der Waals surface area contributed by atoms with Crippen molar-refractivity contribution in [1.29, 1.82) is 0 Å². The van der Waals surface area contributed by atoms with Crippen LogP contribution >= 0.6 is 11.6 Å². The first-order valence-electron chi connectivity index (χ1n) is 8.97. The van der Waals surface area contributed by atoms with Crippen LogP contribution in [0.25, 0.3) is 0 Å². The molecule has 1 aromatic rings. The third kappa shape index (κ3) is 4.11. The van der Waals surface area contributed by atoms with E-state index in [1.54, 1.807) is 24.3 Å². The van der Waals surface area contributed by atoms with Gasteiger partial charge in [-0.2, -0.15) is 0 Å². The molecule has 1 heterocycles. The average Bonchev–Trinajstić information content (AvgIpc) is 2.58. The fourth-order valence-corrected chi connectivity index (χ4v) is 4.14. The number of β-amino-alcohol motifs (C(OH)–C–C–N with tert-alkyl or cyclic N) is 1. The van der Waals surface area contributed by atoms with Crippen LogP contribution in [0.3, 0.4) is 0 Å². The van der Waals surface area contributed by atoms with Crippen LogP contribution in [-0.2, 0) is 0 Å². The van der Waals surface area contributed by atoms with Crippen LogP contribution < -0.4 is 0 Å². The van der Waals surface area contributed by atoms with Gasteiger partial charge >= 0.3 is 0 Å². The molecule has 132 valence electrons. The van der Waals surface area contributed by atoms with Crippen LogP contribution in [0.4, 0.5) is 0 Å². The van der Waals surface area contributed by atoms with E-state index in [2.05, 4.69) is 4.90 Å². The fraction of sp³-hybridized carbons (Fsp3) is 0.632. The third-order valence-electron chi connectivity index (χ3n) is 5.49. The number of benzene rings is 1. The molecule has 1 aromatic carbocycles. The Bertz CT molecular complexity index is 551. The molecule has 1 saturated heterocycles. The summed E-state index contributed by atoms with van der Waals surface area (Å²) in [6, 6.07) is 7.34. The highest BCUT2D eigenvalue weighted by Crippen LogP contribution is 2.30. The van der Waals surface area contributed by atoms with Crippen LogP contribution in [0.5, 0.6) is 0 Å². The number of nitrogens with zero attached hydrogens (tertiary/aromatic N) is 2. The molecule has 0 radical (unpaired) electrons. The lowest BCUT2D eigenvalue weighted by molar-refractivity contribution is -0.0191.